The third kappa shape index (κ3) is 5.02. The Balaban J connectivity index is 2.39. The molecule has 7 heteroatoms. The van der Waals surface area contributed by atoms with Gasteiger partial charge in [-0.2, -0.15) is 0 Å². The Kier molecular flexibility index (Phi) is 6.75. The van der Waals surface area contributed by atoms with Gasteiger partial charge in [0.05, 0.1) is 13.1 Å². The number of likely N-dealkylation sites (N-methyl/N-ethyl adjacent to an activating group) is 1. The zero-order valence-corrected chi connectivity index (χ0v) is 11.8. The lowest BCUT2D eigenvalue weighted by Gasteiger charge is -2.15. The Labute approximate surface area is 118 Å². The summed E-state index contributed by atoms with van der Waals surface area (Å²) in [5, 5.41) is 2.71. The van der Waals surface area contributed by atoms with Crippen molar-refractivity contribution in [1.29, 1.82) is 0 Å². The summed E-state index contributed by atoms with van der Waals surface area (Å²) in [4.78, 5) is 24.9. The number of ether oxygens (including phenoxy) is 1. The average molecular weight is 283 g/mol. The molecule has 0 aromatic carbocycles. The minimum atomic E-state index is -0.350. The fraction of sp³-hybridized carbons (Fsp3) is 0.538. The standard InChI is InChI=1S/C13H21N3O4/c1-16(9-12(17)15-6-3-7-19-2)13(18)11-5-4-10(8-14)20-11/h4-5H,3,6-9,14H2,1-2H3,(H,15,17). The first kappa shape index (κ1) is 16.2. The molecule has 0 aliphatic rings. The Bertz CT molecular complexity index is 445. The number of methoxy groups -OCH3 is 1. The van der Waals surface area contributed by atoms with Gasteiger partial charge in [0, 0.05) is 27.3 Å². The molecule has 20 heavy (non-hydrogen) atoms. The Hall–Kier alpha value is -1.86. The summed E-state index contributed by atoms with van der Waals surface area (Å²) in [5.74, 6) is 0.144. The molecule has 112 valence electrons. The third-order valence-corrected chi connectivity index (χ3v) is 2.65. The van der Waals surface area contributed by atoms with Gasteiger partial charge in [-0.15, -0.1) is 0 Å². The van der Waals surface area contributed by atoms with Crippen molar-refractivity contribution in [2.24, 2.45) is 5.73 Å². The van der Waals surface area contributed by atoms with Crippen LogP contribution in [-0.2, 0) is 16.1 Å². The molecule has 7 nitrogen and oxygen atoms in total. The molecule has 0 saturated carbocycles. The van der Waals surface area contributed by atoms with E-state index < -0.39 is 0 Å². The minimum absolute atomic E-state index is 0.0233. The summed E-state index contributed by atoms with van der Waals surface area (Å²) in [6.45, 7) is 1.32. The monoisotopic (exact) mass is 283 g/mol. The van der Waals surface area contributed by atoms with Gasteiger partial charge < -0.3 is 25.1 Å². The van der Waals surface area contributed by atoms with Gasteiger partial charge >= 0.3 is 0 Å². The first-order chi connectivity index (χ1) is 9.58. The lowest BCUT2D eigenvalue weighted by atomic mass is 10.3. The summed E-state index contributed by atoms with van der Waals surface area (Å²) in [6.07, 6.45) is 0.734. The highest BCUT2D eigenvalue weighted by atomic mass is 16.5. The Morgan fingerprint density at radius 3 is 2.80 bits per heavy atom. The van der Waals surface area contributed by atoms with Crippen molar-refractivity contribution in [3.05, 3.63) is 23.7 Å². The molecule has 0 bridgehead atoms. The zero-order valence-electron chi connectivity index (χ0n) is 11.8. The summed E-state index contributed by atoms with van der Waals surface area (Å²) in [7, 11) is 3.15. The number of rotatable bonds is 8. The predicted octanol–water partition coefficient (Wildman–Crippen LogP) is -0.0370. The molecule has 2 amide bonds. The Morgan fingerprint density at radius 1 is 1.45 bits per heavy atom. The summed E-state index contributed by atoms with van der Waals surface area (Å²) >= 11 is 0. The molecule has 3 N–H and O–H groups in total. The second-order valence-electron chi connectivity index (χ2n) is 4.33. The SMILES string of the molecule is COCCCNC(=O)CN(C)C(=O)c1ccc(CN)o1. The molecule has 0 aliphatic carbocycles. The van der Waals surface area contributed by atoms with Crippen LogP contribution in [0, 0.1) is 0 Å². The van der Waals surface area contributed by atoms with Crippen molar-refractivity contribution >= 4 is 11.8 Å². The molecular formula is C13H21N3O4. The number of carbonyl (C=O) groups excluding carboxylic acids is 2. The molecule has 1 aromatic heterocycles. The fourth-order valence-electron chi connectivity index (χ4n) is 1.58. The van der Waals surface area contributed by atoms with Crippen LogP contribution in [-0.4, -0.2) is 50.6 Å². The van der Waals surface area contributed by atoms with Crippen LogP contribution in [0.15, 0.2) is 16.5 Å². The second kappa shape index (κ2) is 8.34. The van der Waals surface area contributed by atoms with Gasteiger partial charge in [0.2, 0.25) is 5.91 Å². The molecule has 0 unspecified atom stereocenters. The van der Waals surface area contributed by atoms with Crippen LogP contribution < -0.4 is 11.1 Å². The van der Waals surface area contributed by atoms with Crippen molar-refractivity contribution in [2.45, 2.75) is 13.0 Å². The largest absolute Gasteiger partial charge is 0.455 e. The number of nitrogens with two attached hydrogens (primary N) is 1. The van der Waals surface area contributed by atoms with Gasteiger partial charge in [-0.1, -0.05) is 0 Å². The molecule has 0 spiro atoms. The maximum atomic E-state index is 12.0. The number of hydrogen-bond donors (Lipinski definition) is 2. The molecule has 0 saturated heterocycles. The molecule has 1 heterocycles. The van der Waals surface area contributed by atoms with E-state index in [-0.39, 0.29) is 30.7 Å². The van der Waals surface area contributed by atoms with E-state index in [2.05, 4.69) is 5.32 Å². The van der Waals surface area contributed by atoms with E-state index in [1.54, 1.807) is 26.3 Å². The fourth-order valence-corrected chi connectivity index (χ4v) is 1.58. The number of carbonyl (C=O) groups is 2. The van der Waals surface area contributed by atoms with Gasteiger partial charge in [-0.3, -0.25) is 9.59 Å². The van der Waals surface area contributed by atoms with Crippen LogP contribution in [0.4, 0.5) is 0 Å². The van der Waals surface area contributed by atoms with Crippen LogP contribution in [0.3, 0.4) is 0 Å². The highest BCUT2D eigenvalue weighted by Gasteiger charge is 2.17. The van der Waals surface area contributed by atoms with Gasteiger partial charge in [-0.25, -0.2) is 0 Å². The van der Waals surface area contributed by atoms with Gasteiger partial charge in [0.15, 0.2) is 5.76 Å². The van der Waals surface area contributed by atoms with Gasteiger partial charge in [-0.05, 0) is 18.6 Å². The number of hydrogen-bond acceptors (Lipinski definition) is 5. The molecule has 0 fully saturated rings. The smallest absolute Gasteiger partial charge is 0.289 e. The maximum Gasteiger partial charge on any atom is 0.289 e. The van der Waals surface area contributed by atoms with E-state index >= 15 is 0 Å². The maximum absolute atomic E-state index is 12.0. The summed E-state index contributed by atoms with van der Waals surface area (Å²) in [5.41, 5.74) is 5.41. The van der Waals surface area contributed by atoms with Crippen molar-refractivity contribution in [3.63, 3.8) is 0 Å². The minimum Gasteiger partial charge on any atom is -0.455 e. The molecule has 0 radical (unpaired) electrons. The molecular weight excluding hydrogens is 262 g/mol. The molecule has 1 aromatic rings. The normalized spacial score (nSPS) is 10.3. The quantitative estimate of drug-likeness (QED) is 0.653. The molecule has 0 atom stereocenters. The average Bonchev–Trinajstić information content (AvgIpc) is 2.91. The van der Waals surface area contributed by atoms with Crippen molar-refractivity contribution < 1.29 is 18.7 Å². The number of amides is 2. The van der Waals surface area contributed by atoms with E-state index in [9.17, 15) is 9.59 Å². The van der Waals surface area contributed by atoms with Crippen LogP contribution in [0.25, 0.3) is 0 Å². The topological polar surface area (TPSA) is 97.8 Å². The van der Waals surface area contributed by atoms with Crippen molar-refractivity contribution in [1.82, 2.24) is 10.2 Å². The lowest BCUT2D eigenvalue weighted by Crippen LogP contribution is -2.38. The second-order valence-corrected chi connectivity index (χ2v) is 4.33. The molecule has 0 aliphatic heterocycles. The zero-order chi connectivity index (χ0) is 15.0. The van der Waals surface area contributed by atoms with Gasteiger partial charge in [0.25, 0.3) is 5.91 Å². The lowest BCUT2D eigenvalue weighted by molar-refractivity contribution is -0.121. The first-order valence-corrected chi connectivity index (χ1v) is 6.38. The van der Waals surface area contributed by atoms with E-state index in [4.69, 9.17) is 14.9 Å². The summed E-state index contributed by atoms with van der Waals surface area (Å²) < 4.78 is 10.1. The number of nitrogens with one attached hydrogen (secondary N) is 1. The van der Waals surface area contributed by atoms with Crippen molar-refractivity contribution in [3.8, 4) is 0 Å². The van der Waals surface area contributed by atoms with Crippen LogP contribution in [0.2, 0.25) is 0 Å². The van der Waals surface area contributed by atoms with Gasteiger partial charge in [0.1, 0.15) is 5.76 Å². The van der Waals surface area contributed by atoms with Crippen LogP contribution in [0.1, 0.15) is 22.7 Å². The highest BCUT2D eigenvalue weighted by Crippen LogP contribution is 2.09. The van der Waals surface area contributed by atoms with E-state index in [1.165, 1.54) is 4.90 Å². The first-order valence-electron chi connectivity index (χ1n) is 6.38. The third-order valence-electron chi connectivity index (χ3n) is 2.65. The van der Waals surface area contributed by atoms with Crippen LogP contribution in [0.5, 0.6) is 0 Å². The Morgan fingerprint density at radius 2 is 2.20 bits per heavy atom. The van der Waals surface area contributed by atoms with Crippen molar-refractivity contribution in [2.75, 3.05) is 33.9 Å². The number of furan rings is 1. The van der Waals surface area contributed by atoms with E-state index in [0.717, 1.165) is 6.42 Å². The predicted molar refractivity (Wildman–Crippen MR) is 73.1 cm³/mol. The molecule has 1 rings (SSSR count). The number of nitrogens with zero attached hydrogens (tertiary/aromatic N) is 1. The van der Waals surface area contributed by atoms with E-state index in [1.807, 2.05) is 0 Å². The summed E-state index contributed by atoms with van der Waals surface area (Å²) in [6, 6.07) is 3.20. The van der Waals surface area contributed by atoms with Crippen LogP contribution >= 0.6 is 0 Å². The highest BCUT2D eigenvalue weighted by molar-refractivity contribution is 5.94. The van der Waals surface area contributed by atoms with E-state index in [0.29, 0.717) is 18.9 Å².